The molecule has 20 heavy (non-hydrogen) atoms. The van der Waals surface area contributed by atoms with Crippen molar-refractivity contribution in [3.63, 3.8) is 0 Å². The van der Waals surface area contributed by atoms with Crippen LogP contribution >= 0.6 is 0 Å². The van der Waals surface area contributed by atoms with Crippen LogP contribution in [0.25, 0.3) is 6.08 Å². The number of nitrogens with one attached hydrogen (secondary N) is 1. The number of carbonyl (C=O) groups is 1. The van der Waals surface area contributed by atoms with Gasteiger partial charge in [0, 0.05) is 19.7 Å². The molecule has 0 radical (unpaired) electrons. The quantitative estimate of drug-likeness (QED) is 0.632. The molecule has 0 atom stereocenters. The third-order valence-corrected chi connectivity index (χ3v) is 3.11. The number of carbonyl (C=O) groups excluding carboxylic acids is 1. The van der Waals surface area contributed by atoms with Crippen molar-refractivity contribution in [3.05, 3.63) is 29.8 Å². The Balaban J connectivity index is 1.90. The Morgan fingerprint density at radius 1 is 1.40 bits per heavy atom. The van der Waals surface area contributed by atoms with Crippen LogP contribution in [0.15, 0.2) is 24.3 Å². The first-order valence-electron chi connectivity index (χ1n) is 6.68. The number of benzene rings is 1. The molecule has 1 heterocycles. The van der Waals surface area contributed by atoms with Crippen LogP contribution in [0.2, 0.25) is 0 Å². The number of likely N-dealkylation sites (N-methyl/N-ethyl adjacent to an activating group) is 1. The van der Waals surface area contributed by atoms with Crippen molar-refractivity contribution in [2.24, 2.45) is 0 Å². The van der Waals surface area contributed by atoms with Crippen molar-refractivity contribution in [1.29, 1.82) is 0 Å². The monoisotopic (exact) mass is 276 g/mol. The van der Waals surface area contributed by atoms with E-state index >= 15 is 0 Å². The van der Waals surface area contributed by atoms with Gasteiger partial charge in [-0.3, -0.25) is 4.79 Å². The van der Waals surface area contributed by atoms with E-state index in [1.165, 1.54) is 0 Å². The molecule has 2 rings (SSSR count). The molecule has 0 saturated heterocycles. The smallest absolute Gasteiger partial charge is 0.246 e. The third kappa shape index (κ3) is 3.74. The summed E-state index contributed by atoms with van der Waals surface area (Å²) in [7, 11) is 3.71. The van der Waals surface area contributed by atoms with E-state index in [2.05, 4.69) is 5.32 Å². The van der Waals surface area contributed by atoms with E-state index in [1.807, 2.05) is 32.3 Å². The molecule has 1 aromatic rings. The van der Waals surface area contributed by atoms with E-state index < -0.39 is 0 Å². The summed E-state index contributed by atoms with van der Waals surface area (Å²) < 4.78 is 10.5. The lowest BCUT2D eigenvalue weighted by atomic mass is 10.2. The van der Waals surface area contributed by atoms with Crippen LogP contribution in [0.5, 0.6) is 11.5 Å². The lowest BCUT2D eigenvalue weighted by Crippen LogP contribution is -2.27. The summed E-state index contributed by atoms with van der Waals surface area (Å²) in [6, 6.07) is 5.62. The third-order valence-electron chi connectivity index (χ3n) is 3.11. The standard InChI is InChI=1S/C15H20N2O3/c1-16-8-3-9-17(2)15(18)7-5-12-4-6-13-14(10-12)20-11-19-13/h4-7,10,16H,3,8-9,11H2,1-2H3/b7-5+. The van der Waals surface area contributed by atoms with Gasteiger partial charge in [0.2, 0.25) is 12.7 Å². The van der Waals surface area contributed by atoms with E-state index in [0.29, 0.717) is 0 Å². The second-order valence-electron chi connectivity index (χ2n) is 4.66. The Hall–Kier alpha value is -2.01. The maximum absolute atomic E-state index is 11.9. The molecule has 1 aliphatic heterocycles. The van der Waals surface area contributed by atoms with Gasteiger partial charge in [-0.15, -0.1) is 0 Å². The Bertz CT molecular complexity index is 500. The van der Waals surface area contributed by atoms with Gasteiger partial charge in [0.1, 0.15) is 0 Å². The van der Waals surface area contributed by atoms with Gasteiger partial charge in [0.25, 0.3) is 0 Å². The highest BCUT2D eigenvalue weighted by atomic mass is 16.7. The average Bonchev–Trinajstić information content (AvgIpc) is 2.92. The van der Waals surface area contributed by atoms with E-state index in [0.717, 1.165) is 36.6 Å². The Labute approximate surface area is 119 Å². The number of hydrogen-bond donors (Lipinski definition) is 1. The topological polar surface area (TPSA) is 50.8 Å². The van der Waals surface area contributed by atoms with Crippen LogP contribution in [0.1, 0.15) is 12.0 Å². The summed E-state index contributed by atoms with van der Waals surface area (Å²) in [6.45, 7) is 1.91. The zero-order valence-corrected chi connectivity index (χ0v) is 11.9. The summed E-state index contributed by atoms with van der Waals surface area (Å²) >= 11 is 0. The molecule has 0 aliphatic carbocycles. The summed E-state index contributed by atoms with van der Waals surface area (Å²) in [5, 5.41) is 3.06. The van der Waals surface area contributed by atoms with Gasteiger partial charge in [0.05, 0.1) is 0 Å². The summed E-state index contributed by atoms with van der Waals surface area (Å²) in [5.41, 5.74) is 0.922. The normalized spacial score (nSPS) is 12.9. The average molecular weight is 276 g/mol. The van der Waals surface area contributed by atoms with Crippen LogP contribution in [0, 0.1) is 0 Å². The zero-order chi connectivity index (χ0) is 14.4. The van der Waals surface area contributed by atoms with Crippen molar-refractivity contribution in [2.75, 3.05) is 34.0 Å². The molecule has 0 bridgehead atoms. The minimum atomic E-state index is -0.00114. The van der Waals surface area contributed by atoms with Crippen molar-refractivity contribution < 1.29 is 14.3 Å². The molecular weight excluding hydrogens is 256 g/mol. The van der Waals surface area contributed by atoms with Gasteiger partial charge in [-0.1, -0.05) is 6.07 Å². The maximum atomic E-state index is 11.9. The molecule has 0 saturated carbocycles. The first-order chi connectivity index (χ1) is 9.70. The molecule has 1 N–H and O–H groups in total. The number of fused-ring (bicyclic) bond motifs is 1. The van der Waals surface area contributed by atoms with Crippen LogP contribution in [-0.4, -0.2) is 44.8 Å². The first-order valence-corrected chi connectivity index (χ1v) is 6.68. The lowest BCUT2D eigenvalue weighted by Gasteiger charge is -2.14. The molecule has 0 fully saturated rings. The van der Waals surface area contributed by atoms with Gasteiger partial charge in [-0.2, -0.15) is 0 Å². The highest BCUT2D eigenvalue weighted by molar-refractivity contribution is 5.91. The van der Waals surface area contributed by atoms with Crippen molar-refractivity contribution in [1.82, 2.24) is 10.2 Å². The Morgan fingerprint density at radius 3 is 3.00 bits per heavy atom. The fraction of sp³-hybridized carbons (Fsp3) is 0.400. The maximum Gasteiger partial charge on any atom is 0.246 e. The molecule has 0 spiro atoms. The molecule has 0 unspecified atom stereocenters. The molecule has 1 aliphatic rings. The number of hydrogen-bond acceptors (Lipinski definition) is 4. The van der Waals surface area contributed by atoms with E-state index in [9.17, 15) is 4.79 Å². The molecule has 108 valence electrons. The fourth-order valence-electron chi connectivity index (χ4n) is 1.91. The SMILES string of the molecule is CNCCCN(C)C(=O)/C=C/c1ccc2c(c1)OCO2. The van der Waals surface area contributed by atoms with E-state index in [-0.39, 0.29) is 12.7 Å². The summed E-state index contributed by atoms with van der Waals surface area (Å²) in [6.07, 6.45) is 4.31. The summed E-state index contributed by atoms with van der Waals surface area (Å²) in [5.74, 6) is 1.47. The Kier molecular flexibility index (Phi) is 5.01. The van der Waals surface area contributed by atoms with Crippen molar-refractivity contribution in [2.45, 2.75) is 6.42 Å². The van der Waals surface area contributed by atoms with Crippen LogP contribution in [0.3, 0.4) is 0 Å². The highest BCUT2D eigenvalue weighted by Crippen LogP contribution is 2.32. The van der Waals surface area contributed by atoms with E-state index in [4.69, 9.17) is 9.47 Å². The molecule has 5 nitrogen and oxygen atoms in total. The lowest BCUT2D eigenvalue weighted by molar-refractivity contribution is -0.124. The van der Waals surface area contributed by atoms with E-state index in [1.54, 1.807) is 17.1 Å². The minimum absolute atomic E-state index is 0.00114. The van der Waals surface area contributed by atoms with Gasteiger partial charge >= 0.3 is 0 Å². The summed E-state index contributed by atoms with van der Waals surface area (Å²) in [4.78, 5) is 13.6. The van der Waals surface area contributed by atoms with Crippen LogP contribution in [0.4, 0.5) is 0 Å². The van der Waals surface area contributed by atoms with Crippen molar-refractivity contribution in [3.8, 4) is 11.5 Å². The second-order valence-corrected chi connectivity index (χ2v) is 4.66. The number of ether oxygens (including phenoxy) is 2. The molecule has 1 amide bonds. The van der Waals surface area contributed by atoms with Crippen molar-refractivity contribution >= 4 is 12.0 Å². The molecular formula is C15H20N2O3. The molecule has 1 aromatic carbocycles. The van der Waals surface area contributed by atoms with Gasteiger partial charge in [0.15, 0.2) is 11.5 Å². The Morgan fingerprint density at radius 2 is 2.20 bits per heavy atom. The largest absolute Gasteiger partial charge is 0.454 e. The molecule has 5 heteroatoms. The van der Waals surface area contributed by atoms with Gasteiger partial charge < -0.3 is 19.7 Å². The number of rotatable bonds is 6. The molecule has 0 aromatic heterocycles. The predicted octanol–water partition coefficient (Wildman–Crippen LogP) is 1.50. The van der Waals surface area contributed by atoms with Gasteiger partial charge in [-0.25, -0.2) is 0 Å². The number of nitrogens with zero attached hydrogens (tertiary/aromatic N) is 1. The first kappa shape index (κ1) is 14.4. The van der Waals surface area contributed by atoms with Crippen LogP contribution < -0.4 is 14.8 Å². The van der Waals surface area contributed by atoms with Gasteiger partial charge in [-0.05, 0) is 43.8 Å². The van der Waals surface area contributed by atoms with Crippen LogP contribution in [-0.2, 0) is 4.79 Å². The zero-order valence-electron chi connectivity index (χ0n) is 11.9. The number of amides is 1. The minimum Gasteiger partial charge on any atom is -0.454 e. The predicted molar refractivity (Wildman–Crippen MR) is 77.8 cm³/mol. The fourth-order valence-corrected chi connectivity index (χ4v) is 1.91. The highest BCUT2D eigenvalue weighted by Gasteiger charge is 2.12. The second kappa shape index (κ2) is 6.96.